The van der Waals surface area contributed by atoms with Crippen LogP contribution in [-0.4, -0.2) is 17.1 Å². The van der Waals surface area contributed by atoms with Crippen molar-refractivity contribution in [1.82, 2.24) is 9.97 Å². The number of hydrogen-bond donors (Lipinski definition) is 1. The van der Waals surface area contributed by atoms with Gasteiger partial charge in [0.15, 0.2) is 11.5 Å². The summed E-state index contributed by atoms with van der Waals surface area (Å²) in [6.07, 6.45) is 1.29. The van der Waals surface area contributed by atoms with Crippen LogP contribution >= 0.6 is 11.6 Å². The molecule has 5 nitrogen and oxygen atoms in total. The minimum absolute atomic E-state index is 0.174. The smallest absolute Gasteiger partial charge is 0.243 e. The predicted molar refractivity (Wildman–Crippen MR) is 69.3 cm³/mol. The number of halogens is 1. The number of nitrogens with two attached hydrogens (primary N) is 1. The molecule has 2 N–H and O–H groups in total. The van der Waals surface area contributed by atoms with Gasteiger partial charge in [-0.05, 0) is 24.6 Å². The molecule has 0 radical (unpaired) electrons. The molecule has 0 aliphatic rings. The molecule has 0 atom stereocenters. The third-order valence-corrected chi connectivity index (χ3v) is 2.67. The molecular formula is C12H12ClN3O2. The maximum atomic E-state index is 5.95. The Kier molecular flexibility index (Phi) is 3.53. The average Bonchev–Trinajstić information content (AvgIpc) is 2.37. The van der Waals surface area contributed by atoms with E-state index in [-0.39, 0.29) is 16.7 Å². The Hall–Kier alpha value is -2.01. The Morgan fingerprint density at radius 1 is 1.22 bits per heavy atom. The van der Waals surface area contributed by atoms with E-state index in [2.05, 4.69) is 9.97 Å². The van der Waals surface area contributed by atoms with Gasteiger partial charge in [-0.1, -0.05) is 17.7 Å². The van der Waals surface area contributed by atoms with Gasteiger partial charge in [0, 0.05) is 0 Å². The van der Waals surface area contributed by atoms with E-state index in [1.54, 1.807) is 13.2 Å². The fourth-order valence-electron chi connectivity index (χ4n) is 1.40. The second-order valence-corrected chi connectivity index (χ2v) is 4.01. The average molecular weight is 266 g/mol. The van der Waals surface area contributed by atoms with Crippen LogP contribution in [0.25, 0.3) is 0 Å². The van der Waals surface area contributed by atoms with Crippen molar-refractivity contribution in [2.24, 2.45) is 0 Å². The van der Waals surface area contributed by atoms with E-state index >= 15 is 0 Å². The van der Waals surface area contributed by atoms with Gasteiger partial charge < -0.3 is 15.2 Å². The molecule has 0 saturated heterocycles. The lowest BCUT2D eigenvalue weighted by Crippen LogP contribution is -1.97. The van der Waals surface area contributed by atoms with Crippen molar-refractivity contribution in [2.75, 3.05) is 12.8 Å². The van der Waals surface area contributed by atoms with E-state index < -0.39 is 0 Å². The maximum Gasteiger partial charge on any atom is 0.243 e. The molecule has 1 aromatic heterocycles. The minimum atomic E-state index is 0.174. The van der Waals surface area contributed by atoms with Crippen LogP contribution in [0.3, 0.4) is 0 Å². The number of aromatic nitrogens is 2. The highest BCUT2D eigenvalue weighted by Crippen LogP contribution is 2.35. The van der Waals surface area contributed by atoms with Crippen LogP contribution in [0.2, 0.25) is 5.02 Å². The molecule has 0 aliphatic carbocycles. The second-order valence-electron chi connectivity index (χ2n) is 3.63. The van der Waals surface area contributed by atoms with E-state index in [4.69, 9.17) is 26.8 Å². The molecule has 94 valence electrons. The number of nitrogen functional groups attached to an aromatic ring is 1. The van der Waals surface area contributed by atoms with Crippen LogP contribution in [0.5, 0.6) is 17.4 Å². The second kappa shape index (κ2) is 5.10. The van der Waals surface area contributed by atoms with Crippen LogP contribution in [0.1, 0.15) is 5.56 Å². The molecule has 18 heavy (non-hydrogen) atoms. The molecule has 0 bridgehead atoms. The van der Waals surface area contributed by atoms with Gasteiger partial charge in [-0.3, -0.25) is 0 Å². The van der Waals surface area contributed by atoms with Crippen LogP contribution in [0.15, 0.2) is 24.5 Å². The Morgan fingerprint density at radius 2 is 2.00 bits per heavy atom. The lowest BCUT2D eigenvalue weighted by Gasteiger charge is -2.11. The van der Waals surface area contributed by atoms with Crippen molar-refractivity contribution in [2.45, 2.75) is 6.92 Å². The topological polar surface area (TPSA) is 70.3 Å². The van der Waals surface area contributed by atoms with E-state index in [0.717, 1.165) is 5.56 Å². The van der Waals surface area contributed by atoms with E-state index in [0.29, 0.717) is 11.5 Å². The molecule has 0 fully saturated rings. The molecule has 1 aromatic carbocycles. The van der Waals surface area contributed by atoms with Crippen LogP contribution in [0, 0.1) is 6.92 Å². The van der Waals surface area contributed by atoms with Crippen molar-refractivity contribution in [1.29, 1.82) is 0 Å². The molecule has 0 amide bonds. The molecular weight excluding hydrogens is 254 g/mol. The first-order valence-corrected chi connectivity index (χ1v) is 5.58. The lowest BCUT2D eigenvalue weighted by atomic mass is 10.2. The highest BCUT2D eigenvalue weighted by molar-refractivity contribution is 6.34. The Balaban J connectivity index is 2.37. The van der Waals surface area contributed by atoms with Gasteiger partial charge in [-0.25, -0.2) is 4.98 Å². The Labute approximate surface area is 110 Å². The predicted octanol–water partition coefficient (Wildman–Crippen LogP) is 2.82. The number of anilines is 1. The molecule has 1 heterocycles. The first-order valence-electron chi connectivity index (χ1n) is 5.20. The molecule has 6 heteroatoms. The summed E-state index contributed by atoms with van der Waals surface area (Å²) in [6, 6.07) is 5.53. The Bertz CT molecular complexity index is 575. The summed E-state index contributed by atoms with van der Waals surface area (Å²) >= 11 is 5.95. The van der Waals surface area contributed by atoms with Gasteiger partial charge in [0.2, 0.25) is 5.88 Å². The zero-order valence-corrected chi connectivity index (χ0v) is 10.7. The van der Waals surface area contributed by atoms with Gasteiger partial charge in [0.25, 0.3) is 0 Å². The van der Waals surface area contributed by atoms with E-state index in [1.807, 2.05) is 19.1 Å². The fourth-order valence-corrected chi connectivity index (χ4v) is 1.54. The first-order chi connectivity index (χ1) is 8.61. The van der Waals surface area contributed by atoms with Crippen molar-refractivity contribution < 1.29 is 9.47 Å². The van der Waals surface area contributed by atoms with Gasteiger partial charge in [-0.2, -0.15) is 4.98 Å². The third kappa shape index (κ3) is 2.46. The van der Waals surface area contributed by atoms with E-state index in [1.165, 1.54) is 6.33 Å². The number of aryl methyl sites for hydroxylation is 1. The first kappa shape index (κ1) is 12.4. The molecule has 0 spiro atoms. The van der Waals surface area contributed by atoms with Gasteiger partial charge in [0.1, 0.15) is 17.2 Å². The minimum Gasteiger partial charge on any atom is -0.493 e. The number of methoxy groups -OCH3 is 1. The summed E-state index contributed by atoms with van der Waals surface area (Å²) in [5, 5.41) is 0.181. The number of rotatable bonds is 3. The summed E-state index contributed by atoms with van der Waals surface area (Å²) in [7, 11) is 1.57. The third-order valence-electron chi connectivity index (χ3n) is 2.31. The quantitative estimate of drug-likeness (QED) is 0.924. The van der Waals surface area contributed by atoms with Crippen molar-refractivity contribution in [3.8, 4) is 17.4 Å². The monoisotopic (exact) mass is 265 g/mol. The normalized spacial score (nSPS) is 10.2. The molecule has 0 aliphatic heterocycles. The maximum absolute atomic E-state index is 5.95. The summed E-state index contributed by atoms with van der Waals surface area (Å²) in [5.74, 6) is 1.49. The van der Waals surface area contributed by atoms with Gasteiger partial charge >= 0.3 is 0 Å². The fraction of sp³-hybridized carbons (Fsp3) is 0.167. The van der Waals surface area contributed by atoms with Gasteiger partial charge in [0.05, 0.1) is 7.11 Å². The van der Waals surface area contributed by atoms with Crippen molar-refractivity contribution in [3.63, 3.8) is 0 Å². The lowest BCUT2D eigenvalue weighted by molar-refractivity contribution is 0.374. The zero-order valence-electron chi connectivity index (χ0n) is 9.98. The highest BCUT2D eigenvalue weighted by atomic mass is 35.5. The molecule has 2 aromatic rings. The molecule has 0 unspecified atom stereocenters. The number of benzene rings is 1. The summed E-state index contributed by atoms with van der Waals surface area (Å²) in [6.45, 7) is 1.96. The summed E-state index contributed by atoms with van der Waals surface area (Å²) in [4.78, 5) is 7.69. The summed E-state index contributed by atoms with van der Waals surface area (Å²) < 4.78 is 10.8. The zero-order chi connectivity index (χ0) is 13.1. The van der Waals surface area contributed by atoms with Crippen molar-refractivity contribution >= 4 is 17.4 Å². The molecule has 2 rings (SSSR count). The number of hydrogen-bond acceptors (Lipinski definition) is 5. The highest BCUT2D eigenvalue weighted by Gasteiger charge is 2.12. The van der Waals surface area contributed by atoms with Crippen LogP contribution in [0.4, 0.5) is 5.82 Å². The number of nitrogens with zero attached hydrogens (tertiary/aromatic N) is 2. The van der Waals surface area contributed by atoms with Gasteiger partial charge in [-0.15, -0.1) is 0 Å². The van der Waals surface area contributed by atoms with E-state index in [9.17, 15) is 0 Å². The SMILES string of the molecule is COc1cc(C)ccc1Oc1ncnc(N)c1Cl. The molecule has 0 saturated carbocycles. The van der Waals surface area contributed by atoms with Crippen LogP contribution < -0.4 is 15.2 Å². The Morgan fingerprint density at radius 3 is 2.72 bits per heavy atom. The van der Waals surface area contributed by atoms with Crippen molar-refractivity contribution in [3.05, 3.63) is 35.1 Å². The van der Waals surface area contributed by atoms with Crippen LogP contribution in [-0.2, 0) is 0 Å². The summed E-state index contributed by atoms with van der Waals surface area (Å²) in [5.41, 5.74) is 6.64. The number of ether oxygens (including phenoxy) is 2. The largest absolute Gasteiger partial charge is 0.493 e. The standard InChI is InChI=1S/C12H12ClN3O2/c1-7-3-4-8(9(5-7)17-2)18-12-10(13)11(14)15-6-16-12/h3-6H,1-2H3,(H2,14,15,16).